The Morgan fingerprint density at radius 1 is 1.10 bits per heavy atom. The molecule has 8 nitrogen and oxygen atoms in total. The monoisotopic (exact) mass is 407 g/mol. The van der Waals surface area contributed by atoms with E-state index in [4.69, 9.17) is 4.42 Å². The first-order chi connectivity index (χ1) is 14.7. The summed E-state index contributed by atoms with van der Waals surface area (Å²) in [5, 5.41) is 9.97. The lowest BCUT2D eigenvalue weighted by atomic mass is 10.2. The van der Waals surface area contributed by atoms with Crippen molar-refractivity contribution < 1.29 is 14.0 Å². The van der Waals surface area contributed by atoms with E-state index in [0.29, 0.717) is 23.8 Å². The highest BCUT2D eigenvalue weighted by Crippen LogP contribution is 2.20. The molecule has 2 N–H and O–H groups in total. The van der Waals surface area contributed by atoms with Gasteiger partial charge < -0.3 is 15.1 Å². The van der Waals surface area contributed by atoms with Gasteiger partial charge in [0, 0.05) is 30.6 Å². The Balaban J connectivity index is 1.23. The summed E-state index contributed by atoms with van der Waals surface area (Å²) in [6, 6.07) is 9.98. The Morgan fingerprint density at radius 3 is 2.70 bits per heavy atom. The summed E-state index contributed by atoms with van der Waals surface area (Å²) in [7, 11) is 0. The van der Waals surface area contributed by atoms with Gasteiger partial charge in [-0.05, 0) is 12.8 Å². The standard InChI is InChI=1S/C22H25N5O3/c28-20(10-11-22-23-13-19(30-22)16-6-2-1-3-7-16)26-18-12-24-27(14-18)15-21(29)25-17-8-4-5-9-17/h1-3,6-7,12-14,17H,4-5,8-11,15H2,(H,25,29)(H,26,28). The second kappa shape index (κ2) is 9.39. The number of oxazole rings is 1. The van der Waals surface area contributed by atoms with Crippen LogP contribution in [0.3, 0.4) is 0 Å². The molecule has 2 heterocycles. The number of benzene rings is 1. The Bertz CT molecular complexity index is 989. The molecule has 156 valence electrons. The highest BCUT2D eigenvalue weighted by molar-refractivity contribution is 5.90. The molecule has 0 unspecified atom stereocenters. The number of carbonyl (C=O) groups excluding carboxylic acids is 2. The van der Waals surface area contributed by atoms with Crippen LogP contribution in [0.25, 0.3) is 11.3 Å². The lowest BCUT2D eigenvalue weighted by Crippen LogP contribution is -2.35. The molecule has 0 atom stereocenters. The number of aryl methyl sites for hydroxylation is 1. The van der Waals surface area contributed by atoms with E-state index in [1.807, 2.05) is 30.3 Å². The number of nitrogens with one attached hydrogen (secondary N) is 2. The molecule has 0 saturated heterocycles. The molecule has 0 aliphatic heterocycles. The Kier molecular flexibility index (Phi) is 6.22. The maximum Gasteiger partial charge on any atom is 0.241 e. The molecule has 1 fully saturated rings. The van der Waals surface area contributed by atoms with Crippen molar-refractivity contribution in [3.05, 3.63) is 54.8 Å². The molecular weight excluding hydrogens is 382 g/mol. The van der Waals surface area contributed by atoms with Crippen LogP contribution < -0.4 is 10.6 Å². The molecule has 2 aromatic heterocycles. The number of amides is 2. The molecule has 2 amide bonds. The molecule has 0 spiro atoms. The van der Waals surface area contributed by atoms with Crippen molar-refractivity contribution in [3.8, 4) is 11.3 Å². The van der Waals surface area contributed by atoms with E-state index in [2.05, 4.69) is 20.7 Å². The van der Waals surface area contributed by atoms with Crippen LogP contribution in [0, 0.1) is 0 Å². The maximum absolute atomic E-state index is 12.2. The first kappa shape index (κ1) is 19.9. The summed E-state index contributed by atoms with van der Waals surface area (Å²) in [5.74, 6) is 0.983. The number of carbonyl (C=O) groups is 2. The molecule has 1 aromatic carbocycles. The zero-order chi connectivity index (χ0) is 20.8. The highest BCUT2D eigenvalue weighted by atomic mass is 16.4. The van der Waals surface area contributed by atoms with E-state index in [9.17, 15) is 9.59 Å². The Hall–Kier alpha value is -3.42. The molecular formula is C22H25N5O3. The van der Waals surface area contributed by atoms with Gasteiger partial charge in [0.25, 0.3) is 0 Å². The van der Waals surface area contributed by atoms with Crippen LogP contribution in [-0.4, -0.2) is 32.6 Å². The summed E-state index contributed by atoms with van der Waals surface area (Å²) in [6.45, 7) is 0.144. The summed E-state index contributed by atoms with van der Waals surface area (Å²) in [6.07, 6.45) is 9.94. The number of hydrogen-bond acceptors (Lipinski definition) is 5. The molecule has 1 saturated carbocycles. The molecule has 1 aliphatic rings. The largest absolute Gasteiger partial charge is 0.441 e. The van der Waals surface area contributed by atoms with E-state index in [1.165, 1.54) is 17.5 Å². The van der Waals surface area contributed by atoms with Crippen molar-refractivity contribution in [3.63, 3.8) is 0 Å². The number of aromatic nitrogens is 3. The quantitative estimate of drug-likeness (QED) is 0.597. The van der Waals surface area contributed by atoms with E-state index < -0.39 is 0 Å². The van der Waals surface area contributed by atoms with Gasteiger partial charge in [0.1, 0.15) is 6.54 Å². The van der Waals surface area contributed by atoms with Crippen LogP contribution in [-0.2, 0) is 22.6 Å². The number of anilines is 1. The van der Waals surface area contributed by atoms with Gasteiger partial charge in [-0.25, -0.2) is 4.98 Å². The van der Waals surface area contributed by atoms with Crippen molar-refractivity contribution in [2.75, 3.05) is 5.32 Å². The molecule has 0 radical (unpaired) electrons. The number of nitrogens with zero attached hydrogens (tertiary/aromatic N) is 3. The minimum absolute atomic E-state index is 0.0546. The average molecular weight is 407 g/mol. The zero-order valence-electron chi connectivity index (χ0n) is 16.7. The van der Waals surface area contributed by atoms with Gasteiger partial charge in [0.2, 0.25) is 11.8 Å². The van der Waals surface area contributed by atoms with E-state index in [-0.39, 0.29) is 30.8 Å². The van der Waals surface area contributed by atoms with Gasteiger partial charge in [0.05, 0.1) is 18.1 Å². The molecule has 1 aliphatic carbocycles. The summed E-state index contributed by atoms with van der Waals surface area (Å²) >= 11 is 0. The molecule has 0 bridgehead atoms. The van der Waals surface area contributed by atoms with Gasteiger partial charge in [0.15, 0.2) is 11.7 Å². The lowest BCUT2D eigenvalue weighted by Gasteiger charge is -2.11. The SMILES string of the molecule is O=C(CCc1ncc(-c2ccccc2)o1)Nc1cnn(CC(=O)NC2CCCC2)c1. The predicted octanol–water partition coefficient (Wildman–Crippen LogP) is 3.17. The zero-order valence-corrected chi connectivity index (χ0v) is 16.7. The number of rotatable bonds is 8. The fourth-order valence-corrected chi connectivity index (χ4v) is 3.61. The van der Waals surface area contributed by atoms with E-state index >= 15 is 0 Å². The van der Waals surface area contributed by atoms with Crippen molar-refractivity contribution >= 4 is 17.5 Å². The van der Waals surface area contributed by atoms with Crippen LogP contribution in [0.1, 0.15) is 38.0 Å². The van der Waals surface area contributed by atoms with Gasteiger partial charge in [-0.3, -0.25) is 14.3 Å². The smallest absolute Gasteiger partial charge is 0.241 e. The minimum atomic E-state index is -0.163. The third-order valence-electron chi connectivity index (χ3n) is 5.12. The third kappa shape index (κ3) is 5.34. The van der Waals surface area contributed by atoms with Crippen molar-refractivity contribution in [1.29, 1.82) is 0 Å². The maximum atomic E-state index is 12.2. The summed E-state index contributed by atoms with van der Waals surface area (Å²) < 4.78 is 7.25. The first-order valence-electron chi connectivity index (χ1n) is 10.3. The van der Waals surface area contributed by atoms with Crippen molar-refractivity contribution in [2.24, 2.45) is 0 Å². The van der Waals surface area contributed by atoms with Gasteiger partial charge >= 0.3 is 0 Å². The average Bonchev–Trinajstić information content (AvgIpc) is 3.50. The highest BCUT2D eigenvalue weighted by Gasteiger charge is 2.17. The third-order valence-corrected chi connectivity index (χ3v) is 5.12. The number of hydrogen-bond donors (Lipinski definition) is 2. The van der Waals surface area contributed by atoms with Gasteiger partial charge in [-0.15, -0.1) is 0 Å². The van der Waals surface area contributed by atoms with Gasteiger partial charge in [-0.1, -0.05) is 43.2 Å². The van der Waals surface area contributed by atoms with Crippen LogP contribution >= 0.6 is 0 Å². The molecule has 30 heavy (non-hydrogen) atoms. The fourth-order valence-electron chi connectivity index (χ4n) is 3.61. The van der Waals surface area contributed by atoms with Crippen LogP contribution in [0.5, 0.6) is 0 Å². The van der Waals surface area contributed by atoms with Crippen molar-refractivity contribution in [1.82, 2.24) is 20.1 Å². The summed E-state index contributed by atoms with van der Waals surface area (Å²) in [4.78, 5) is 28.6. The normalized spacial score (nSPS) is 14.0. The first-order valence-corrected chi connectivity index (χ1v) is 10.3. The molecule has 8 heteroatoms. The second-order valence-corrected chi connectivity index (χ2v) is 7.51. The molecule has 4 rings (SSSR count). The second-order valence-electron chi connectivity index (χ2n) is 7.51. The molecule has 3 aromatic rings. The van der Waals surface area contributed by atoms with Crippen LogP contribution in [0.2, 0.25) is 0 Å². The van der Waals surface area contributed by atoms with E-state index in [1.54, 1.807) is 18.6 Å². The van der Waals surface area contributed by atoms with Crippen molar-refractivity contribution in [2.45, 2.75) is 51.1 Å². The van der Waals surface area contributed by atoms with Crippen LogP contribution in [0.15, 0.2) is 53.3 Å². The Labute approximate surface area is 174 Å². The minimum Gasteiger partial charge on any atom is -0.441 e. The van der Waals surface area contributed by atoms with Crippen LogP contribution in [0.4, 0.5) is 5.69 Å². The Morgan fingerprint density at radius 2 is 1.90 bits per heavy atom. The van der Waals surface area contributed by atoms with Gasteiger partial charge in [-0.2, -0.15) is 5.10 Å². The fraction of sp³-hybridized carbons (Fsp3) is 0.364. The summed E-state index contributed by atoms with van der Waals surface area (Å²) in [5.41, 5.74) is 1.51. The lowest BCUT2D eigenvalue weighted by molar-refractivity contribution is -0.122. The predicted molar refractivity (Wildman–Crippen MR) is 112 cm³/mol. The van der Waals surface area contributed by atoms with E-state index in [0.717, 1.165) is 18.4 Å². The topological polar surface area (TPSA) is 102 Å².